The summed E-state index contributed by atoms with van der Waals surface area (Å²) in [6.07, 6.45) is 1.22. The summed E-state index contributed by atoms with van der Waals surface area (Å²) in [5, 5.41) is 3.35. The highest BCUT2D eigenvalue weighted by atomic mass is 35.5. The van der Waals surface area contributed by atoms with Crippen molar-refractivity contribution in [1.82, 2.24) is 10.2 Å². The molecule has 0 bridgehead atoms. The van der Waals surface area contributed by atoms with Crippen molar-refractivity contribution in [1.29, 1.82) is 0 Å². The molecule has 2 amide bonds. The lowest BCUT2D eigenvalue weighted by Crippen LogP contribution is -2.53. The Hall–Kier alpha value is -3.27. The van der Waals surface area contributed by atoms with Gasteiger partial charge in [0, 0.05) is 24.5 Å². The summed E-state index contributed by atoms with van der Waals surface area (Å²) < 4.78 is 32.1. The number of nitrogens with one attached hydrogen (secondary N) is 1. The van der Waals surface area contributed by atoms with Crippen LogP contribution in [0.2, 0.25) is 10.0 Å². The largest absolute Gasteiger partial charge is 0.497 e. The molecule has 41 heavy (non-hydrogen) atoms. The van der Waals surface area contributed by atoms with Gasteiger partial charge in [0.1, 0.15) is 18.3 Å². The minimum absolute atomic E-state index is 0.0363. The fraction of sp³-hybridized carbons (Fsp3) is 0.333. The highest BCUT2D eigenvalue weighted by Crippen LogP contribution is 2.31. The first-order chi connectivity index (χ1) is 19.4. The maximum absolute atomic E-state index is 14.1. The number of carbonyl (C=O) groups is 2. The molecule has 8 nitrogen and oxygen atoms in total. The van der Waals surface area contributed by atoms with Gasteiger partial charge in [0.05, 0.1) is 24.1 Å². The third-order valence-electron chi connectivity index (χ3n) is 6.30. The van der Waals surface area contributed by atoms with E-state index in [2.05, 4.69) is 5.32 Å². The van der Waals surface area contributed by atoms with Gasteiger partial charge in [0.25, 0.3) is 0 Å². The molecule has 0 saturated carbocycles. The zero-order valence-corrected chi connectivity index (χ0v) is 25.8. The molecule has 0 radical (unpaired) electrons. The molecule has 220 valence electrons. The average molecular weight is 621 g/mol. The Morgan fingerprint density at radius 3 is 2.24 bits per heavy atom. The summed E-state index contributed by atoms with van der Waals surface area (Å²) >= 11 is 12.4. The van der Waals surface area contributed by atoms with E-state index in [-0.39, 0.29) is 35.5 Å². The van der Waals surface area contributed by atoms with Gasteiger partial charge in [-0.1, -0.05) is 79.5 Å². The van der Waals surface area contributed by atoms with Crippen LogP contribution < -0.4 is 14.4 Å². The van der Waals surface area contributed by atoms with Crippen LogP contribution in [0.4, 0.5) is 5.69 Å². The number of ether oxygens (including phenoxy) is 1. The van der Waals surface area contributed by atoms with Gasteiger partial charge in [-0.05, 0) is 47.4 Å². The predicted octanol–water partition coefficient (Wildman–Crippen LogP) is 5.18. The van der Waals surface area contributed by atoms with E-state index in [1.165, 1.54) is 23.1 Å². The van der Waals surface area contributed by atoms with Gasteiger partial charge in [0.15, 0.2) is 0 Å². The number of anilines is 1. The van der Waals surface area contributed by atoms with Gasteiger partial charge >= 0.3 is 0 Å². The Labute approximate surface area is 252 Å². The van der Waals surface area contributed by atoms with Crippen LogP contribution in [0, 0.1) is 5.92 Å². The maximum Gasteiger partial charge on any atom is 0.244 e. The van der Waals surface area contributed by atoms with Crippen molar-refractivity contribution in [2.24, 2.45) is 5.92 Å². The fourth-order valence-electron chi connectivity index (χ4n) is 4.22. The van der Waals surface area contributed by atoms with E-state index >= 15 is 0 Å². The Bertz CT molecular complexity index is 1450. The highest BCUT2D eigenvalue weighted by Gasteiger charge is 2.33. The summed E-state index contributed by atoms with van der Waals surface area (Å²) in [6.45, 7) is 3.83. The van der Waals surface area contributed by atoms with Crippen molar-refractivity contribution >= 4 is 50.7 Å². The molecule has 0 fully saturated rings. The number of methoxy groups -OCH3 is 1. The highest BCUT2D eigenvalue weighted by molar-refractivity contribution is 7.92. The second-order valence-electron chi connectivity index (χ2n) is 10.1. The predicted molar refractivity (Wildman–Crippen MR) is 164 cm³/mol. The van der Waals surface area contributed by atoms with E-state index in [1.54, 1.807) is 25.3 Å². The Morgan fingerprint density at radius 1 is 0.951 bits per heavy atom. The quantitative estimate of drug-likeness (QED) is 0.284. The molecule has 11 heteroatoms. The second-order valence-corrected chi connectivity index (χ2v) is 12.8. The Balaban J connectivity index is 2.08. The monoisotopic (exact) mass is 619 g/mol. The van der Waals surface area contributed by atoms with Crippen LogP contribution in [-0.2, 0) is 32.6 Å². The number of halogens is 2. The second kappa shape index (κ2) is 14.6. The molecular weight excluding hydrogens is 585 g/mol. The molecule has 3 aromatic carbocycles. The first-order valence-electron chi connectivity index (χ1n) is 13.1. The molecule has 3 rings (SSSR count). The normalized spacial score (nSPS) is 12.1. The van der Waals surface area contributed by atoms with Crippen LogP contribution in [0.3, 0.4) is 0 Å². The standard InChI is InChI=1S/C30H35Cl2N3O5S/c1-21(2)18-33-30(37)28(16-22-9-6-5-7-10-22)34(19-23-11-8-12-25(15-23)40-3)29(36)20-35(41(4,38)39)27-14-13-24(31)17-26(27)32/h5-15,17,21,28H,16,18-20H2,1-4H3,(H,33,37)/t28-/m0/s1. The van der Waals surface area contributed by atoms with Crippen molar-refractivity contribution < 1.29 is 22.7 Å². The maximum atomic E-state index is 14.1. The molecule has 0 aliphatic carbocycles. The third-order valence-corrected chi connectivity index (χ3v) is 7.96. The molecule has 1 atom stereocenters. The number of hydrogen-bond donors (Lipinski definition) is 1. The SMILES string of the molecule is COc1cccc(CN(C(=O)CN(c2ccc(Cl)cc2Cl)S(C)(=O)=O)[C@@H](Cc2ccccc2)C(=O)NCC(C)C)c1. The van der Waals surface area contributed by atoms with E-state index in [0.717, 1.165) is 16.1 Å². The van der Waals surface area contributed by atoms with Gasteiger partial charge in [-0.2, -0.15) is 0 Å². The molecular formula is C30H35Cl2N3O5S. The number of carbonyl (C=O) groups excluding carboxylic acids is 2. The van der Waals surface area contributed by atoms with Crippen molar-refractivity contribution in [3.05, 3.63) is 94.0 Å². The first-order valence-corrected chi connectivity index (χ1v) is 15.7. The van der Waals surface area contributed by atoms with E-state index in [0.29, 0.717) is 22.9 Å². The van der Waals surface area contributed by atoms with Crippen LogP contribution in [0.5, 0.6) is 5.75 Å². The molecule has 0 heterocycles. The van der Waals surface area contributed by atoms with Gasteiger partial charge in [-0.3, -0.25) is 13.9 Å². The van der Waals surface area contributed by atoms with Crippen molar-refractivity contribution in [2.75, 3.05) is 30.8 Å². The van der Waals surface area contributed by atoms with Crippen molar-refractivity contribution in [3.63, 3.8) is 0 Å². The number of sulfonamides is 1. The summed E-state index contributed by atoms with van der Waals surface area (Å²) in [4.78, 5) is 29.2. The smallest absolute Gasteiger partial charge is 0.244 e. The lowest BCUT2D eigenvalue weighted by molar-refractivity contribution is -0.140. The molecule has 0 saturated heterocycles. The van der Waals surface area contributed by atoms with Crippen LogP contribution in [0.15, 0.2) is 72.8 Å². The molecule has 0 aliphatic rings. The third kappa shape index (κ3) is 9.38. The topological polar surface area (TPSA) is 96.0 Å². The van der Waals surface area contributed by atoms with Crippen LogP contribution in [-0.4, -0.2) is 57.6 Å². The minimum Gasteiger partial charge on any atom is -0.497 e. The molecule has 0 aromatic heterocycles. The molecule has 0 spiro atoms. The summed E-state index contributed by atoms with van der Waals surface area (Å²) in [5.74, 6) is -0.143. The minimum atomic E-state index is -3.95. The summed E-state index contributed by atoms with van der Waals surface area (Å²) in [7, 11) is -2.41. The number of rotatable bonds is 13. The van der Waals surface area contributed by atoms with E-state index in [4.69, 9.17) is 27.9 Å². The summed E-state index contributed by atoms with van der Waals surface area (Å²) in [5.41, 5.74) is 1.67. The molecule has 3 aromatic rings. The lowest BCUT2D eigenvalue weighted by atomic mass is 10.0. The van der Waals surface area contributed by atoms with Crippen LogP contribution in [0.1, 0.15) is 25.0 Å². The van der Waals surface area contributed by atoms with Crippen molar-refractivity contribution in [2.45, 2.75) is 32.9 Å². The molecule has 1 N–H and O–H groups in total. The molecule has 0 aliphatic heterocycles. The summed E-state index contributed by atoms with van der Waals surface area (Å²) in [6, 6.07) is 19.9. The number of hydrogen-bond acceptors (Lipinski definition) is 5. The van der Waals surface area contributed by atoms with Crippen LogP contribution >= 0.6 is 23.2 Å². The number of benzene rings is 3. The van der Waals surface area contributed by atoms with E-state index in [1.807, 2.05) is 50.2 Å². The lowest BCUT2D eigenvalue weighted by Gasteiger charge is -2.34. The molecule has 0 unspecified atom stereocenters. The first kappa shape index (κ1) is 32.2. The van der Waals surface area contributed by atoms with Crippen molar-refractivity contribution in [3.8, 4) is 5.75 Å². The van der Waals surface area contributed by atoms with Gasteiger partial charge < -0.3 is 15.0 Å². The van der Waals surface area contributed by atoms with E-state index < -0.39 is 28.5 Å². The fourth-order valence-corrected chi connectivity index (χ4v) is 5.64. The zero-order chi connectivity index (χ0) is 30.2. The Kier molecular flexibility index (Phi) is 11.5. The zero-order valence-electron chi connectivity index (χ0n) is 23.5. The van der Waals surface area contributed by atoms with Gasteiger partial charge in [-0.15, -0.1) is 0 Å². The van der Waals surface area contributed by atoms with E-state index in [9.17, 15) is 18.0 Å². The average Bonchev–Trinajstić information content (AvgIpc) is 2.92. The number of nitrogens with zero attached hydrogens (tertiary/aromatic N) is 2. The number of amides is 2. The van der Waals surface area contributed by atoms with Crippen LogP contribution in [0.25, 0.3) is 0 Å². The Morgan fingerprint density at radius 2 is 1.63 bits per heavy atom. The van der Waals surface area contributed by atoms with Gasteiger partial charge in [-0.25, -0.2) is 8.42 Å². The van der Waals surface area contributed by atoms with Gasteiger partial charge in [0.2, 0.25) is 21.8 Å².